The first kappa shape index (κ1) is 17.5. The van der Waals surface area contributed by atoms with Crippen molar-refractivity contribution >= 4 is 34.2 Å². The molecule has 5 heteroatoms. The number of nitrogens with two attached hydrogens (primary N) is 1. The maximum absolute atomic E-state index is 12.7. The zero-order valence-corrected chi connectivity index (χ0v) is 14.3. The van der Waals surface area contributed by atoms with Crippen molar-refractivity contribution in [3.05, 3.63) is 33.8 Å². The first-order valence-corrected chi connectivity index (χ1v) is 7.61. The highest BCUT2D eigenvalue weighted by Crippen LogP contribution is 2.27. The van der Waals surface area contributed by atoms with Gasteiger partial charge >= 0.3 is 0 Å². The van der Waals surface area contributed by atoms with Crippen molar-refractivity contribution in [2.75, 3.05) is 13.1 Å². The lowest BCUT2D eigenvalue weighted by Gasteiger charge is -2.39. The average Bonchev–Trinajstić information content (AvgIpc) is 2.37. The molecule has 1 aliphatic heterocycles. The smallest absolute Gasteiger partial charge is 0.255 e. The summed E-state index contributed by atoms with van der Waals surface area (Å²) >= 11 is 3.49. The van der Waals surface area contributed by atoms with E-state index < -0.39 is 0 Å². The molecule has 1 saturated heterocycles. The van der Waals surface area contributed by atoms with Crippen molar-refractivity contribution in [2.45, 2.75) is 32.7 Å². The summed E-state index contributed by atoms with van der Waals surface area (Å²) < 4.78 is 0.867. The molecule has 2 rings (SSSR count). The maximum atomic E-state index is 12.7. The van der Waals surface area contributed by atoms with Gasteiger partial charge in [-0.05, 0) is 59.3 Å². The lowest BCUT2D eigenvalue weighted by Crippen LogP contribution is -2.51. The van der Waals surface area contributed by atoms with Crippen LogP contribution in [0.1, 0.15) is 35.7 Å². The Balaban J connectivity index is 0.00000200. The minimum atomic E-state index is 0. The molecule has 1 fully saturated rings. The first-order valence-electron chi connectivity index (χ1n) is 6.81. The predicted molar refractivity (Wildman–Crippen MR) is 88.4 cm³/mol. The molecule has 0 aromatic heterocycles. The number of likely N-dealkylation sites (tertiary alicyclic amines) is 1. The van der Waals surface area contributed by atoms with Crippen molar-refractivity contribution in [2.24, 2.45) is 11.7 Å². The van der Waals surface area contributed by atoms with Crippen LogP contribution in [0.4, 0.5) is 0 Å². The monoisotopic (exact) mass is 360 g/mol. The number of halogens is 2. The molecule has 1 aliphatic rings. The Hall–Kier alpha value is -0.580. The highest BCUT2D eigenvalue weighted by Gasteiger charge is 2.31. The SMILES string of the molecule is Cc1ccc(C(=O)N2CCCC(C)C2CN)c(Br)c1.Cl. The summed E-state index contributed by atoms with van der Waals surface area (Å²) in [7, 11) is 0. The number of amides is 1. The normalized spacial score (nSPS) is 22.3. The molecule has 0 bridgehead atoms. The van der Waals surface area contributed by atoms with Gasteiger partial charge in [0.25, 0.3) is 5.91 Å². The van der Waals surface area contributed by atoms with Gasteiger partial charge < -0.3 is 10.6 Å². The van der Waals surface area contributed by atoms with Gasteiger partial charge in [-0.15, -0.1) is 12.4 Å². The number of piperidine rings is 1. The molecule has 1 aromatic carbocycles. The van der Waals surface area contributed by atoms with Crippen molar-refractivity contribution in [1.29, 1.82) is 0 Å². The lowest BCUT2D eigenvalue weighted by atomic mass is 9.90. The average molecular weight is 362 g/mol. The molecule has 0 aliphatic carbocycles. The van der Waals surface area contributed by atoms with Crippen LogP contribution in [0.15, 0.2) is 22.7 Å². The summed E-state index contributed by atoms with van der Waals surface area (Å²) in [6, 6.07) is 6.02. The van der Waals surface area contributed by atoms with Gasteiger partial charge in [0.05, 0.1) is 5.56 Å². The second-order valence-corrected chi connectivity index (χ2v) is 6.26. The number of hydrogen-bond donors (Lipinski definition) is 1. The first-order chi connectivity index (χ1) is 9.04. The van der Waals surface area contributed by atoms with E-state index in [4.69, 9.17) is 5.73 Å². The molecule has 1 aromatic rings. The fourth-order valence-electron chi connectivity index (χ4n) is 2.81. The van der Waals surface area contributed by atoms with Crippen LogP contribution in [0.25, 0.3) is 0 Å². The van der Waals surface area contributed by atoms with E-state index in [0.29, 0.717) is 12.5 Å². The van der Waals surface area contributed by atoms with Crippen LogP contribution in [-0.4, -0.2) is 29.9 Å². The van der Waals surface area contributed by atoms with Crippen LogP contribution in [-0.2, 0) is 0 Å². The van der Waals surface area contributed by atoms with Gasteiger partial charge in [0.1, 0.15) is 0 Å². The Morgan fingerprint density at radius 2 is 2.20 bits per heavy atom. The second kappa shape index (κ2) is 7.43. The molecule has 0 saturated carbocycles. The Morgan fingerprint density at radius 1 is 1.50 bits per heavy atom. The van der Waals surface area contributed by atoms with Crippen LogP contribution < -0.4 is 5.73 Å². The third-order valence-electron chi connectivity index (χ3n) is 3.97. The van der Waals surface area contributed by atoms with Gasteiger partial charge in [-0.25, -0.2) is 0 Å². The number of benzene rings is 1. The van der Waals surface area contributed by atoms with Crippen LogP contribution in [0.2, 0.25) is 0 Å². The number of nitrogens with zero attached hydrogens (tertiary/aromatic N) is 1. The third kappa shape index (κ3) is 3.54. The molecule has 0 spiro atoms. The minimum absolute atomic E-state index is 0. The van der Waals surface area contributed by atoms with E-state index in [-0.39, 0.29) is 24.4 Å². The van der Waals surface area contributed by atoms with E-state index in [1.165, 1.54) is 0 Å². The Bertz CT molecular complexity index is 481. The van der Waals surface area contributed by atoms with E-state index in [1.54, 1.807) is 0 Å². The number of carbonyl (C=O) groups excluding carboxylic acids is 1. The molecule has 3 nitrogen and oxygen atoms in total. The molecular formula is C15H22BrClN2O. The van der Waals surface area contributed by atoms with Crippen molar-refractivity contribution in [3.63, 3.8) is 0 Å². The summed E-state index contributed by atoms with van der Waals surface area (Å²) in [6.07, 6.45) is 2.22. The highest BCUT2D eigenvalue weighted by atomic mass is 79.9. The summed E-state index contributed by atoms with van der Waals surface area (Å²) in [5.74, 6) is 0.570. The van der Waals surface area contributed by atoms with Crippen molar-refractivity contribution in [3.8, 4) is 0 Å². The quantitative estimate of drug-likeness (QED) is 0.878. The fraction of sp³-hybridized carbons (Fsp3) is 0.533. The highest BCUT2D eigenvalue weighted by molar-refractivity contribution is 9.10. The summed E-state index contributed by atoms with van der Waals surface area (Å²) in [5, 5.41) is 0. The van der Waals surface area contributed by atoms with Gasteiger partial charge in [-0.3, -0.25) is 4.79 Å². The van der Waals surface area contributed by atoms with Crippen LogP contribution in [0.3, 0.4) is 0 Å². The predicted octanol–water partition coefficient (Wildman–Crippen LogP) is 3.38. The van der Waals surface area contributed by atoms with Gasteiger partial charge in [-0.1, -0.05) is 13.0 Å². The topological polar surface area (TPSA) is 46.3 Å². The van der Waals surface area contributed by atoms with Crippen molar-refractivity contribution < 1.29 is 4.79 Å². The number of rotatable bonds is 2. The zero-order chi connectivity index (χ0) is 14.0. The standard InChI is InChI=1S/C15H21BrN2O.ClH/c1-10-5-6-12(13(16)8-10)15(19)18-7-3-4-11(2)14(18)9-17;/h5-6,8,11,14H,3-4,7,9,17H2,1-2H3;1H. The lowest BCUT2D eigenvalue weighted by molar-refractivity contribution is 0.0531. The summed E-state index contributed by atoms with van der Waals surface area (Å²) in [4.78, 5) is 14.6. The summed E-state index contributed by atoms with van der Waals surface area (Å²) in [6.45, 7) is 5.55. The molecule has 1 amide bonds. The van der Waals surface area contributed by atoms with Crippen LogP contribution in [0, 0.1) is 12.8 Å². The molecule has 112 valence electrons. The number of carbonyl (C=O) groups is 1. The largest absolute Gasteiger partial charge is 0.334 e. The zero-order valence-electron chi connectivity index (χ0n) is 11.9. The number of hydrogen-bond acceptors (Lipinski definition) is 2. The molecule has 2 N–H and O–H groups in total. The van der Waals surface area contributed by atoms with Gasteiger partial charge in [0, 0.05) is 23.6 Å². The van der Waals surface area contributed by atoms with Gasteiger partial charge in [-0.2, -0.15) is 0 Å². The molecular weight excluding hydrogens is 340 g/mol. The van der Waals surface area contributed by atoms with E-state index in [1.807, 2.05) is 30.0 Å². The maximum Gasteiger partial charge on any atom is 0.255 e. The van der Waals surface area contributed by atoms with Gasteiger partial charge in [0.15, 0.2) is 0 Å². The Labute approximate surface area is 135 Å². The number of aryl methyl sites for hydroxylation is 1. The third-order valence-corrected chi connectivity index (χ3v) is 4.63. The molecule has 2 unspecified atom stereocenters. The second-order valence-electron chi connectivity index (χ2n) is 5.40. The van der Waals surface area contributed by atoms with Crippen molar-refractivity contribution in [1.82, 2.24) is 4.90 Å². The molecule has 1 heterocycles. The van der Waals surface area contributed by atoms with E-state index in [2.05, 4.69) is 22.9 Å². The summed E-state index contributed by atoms with van der Waals surface area (Å²) in [5.41, 5.74) is 7.74. The Morgan fingerprint density at radius 3 is 2.80 bits per heavy atom. The van der Waals surface area contributed by atoms with Crippen LogP contribution >= 0.6 is 28.3 Å². The van der Waals surface area contributed by atoms with E-state index >= 15 is 0 Å². The van der Waals surface area contributed by atoms with E-state index in [9.17, 15) is 4.79 Å². The molecule has 2 atom stereocenters. The Kier molecular flexibility index (Phi) is 6.49. The van der Waals surface area contributed by atoms with Crippen LogP contribution in [0.5, 0.6) is 0 Å². The molecule has 0 radical (unpaired) electrons. The molecule has 20 heavy (non-hydrogen) atoms. The minimum Gasteiger partial charge on any atom is -0.334 e. The van der Waals surface area contributed by atoms with E-state index in [0.717, 1.165) is 35.0 Å². The fourth-order valence-corrected chi connectivity index (χ4v) is 3.47. The van der Waals surface area contributed by atoms with Gasteiger partial charge in [0.2, 0.25) is 0 Å².